The number of amides is 2. The van der Waals surface area contributed by atoms with E-state index in [1.54, 1.807) is 11.1 Å². The summed E-state index contributed by atoms with van der Waals surface area (Å²) in [5.74, 6) is 1.45. The molecule has 1 aromatic heterocycles. The van der Waals surface area contributed by atoms with E-state index in [4.69, 9.17) is 9.47 Å². The molecule has 2 aliphatic rings. The van der Waals surface area contributed by atoms with E-state index in [1.807, 2.05) is 54.3 Å². The van der Waals surface area contributed by atoms with E-state index < -0.39 is 0 Å². The second kappa shape index (κ2) is 12.0. The van der Waals surface area contributed by atoms with Crippen LogP contribution in [-0.4, -0.2) is 82.5 Å². The van der Waals surface area contributed by atoms with Crippen LogP contribution >= 0.6 is 0 Å². The van der Waals surface area contributed by atoms with Gasteiger partial charge in [0.1, 0.15) is 5.69 Å². The number of rotatable bonds is 9. The average Bonchev–Trinajstić information content (AvgIpc) is 3.42. The van der Waals surface area contributed by atoms with Crippen molar-refractivity contribution < 1.29 is 19.1 Å². The Morgan fingerprint density at radius 3 is 2.45 bits per heavy atom. The lowest BCUT2D eigenvalue weighted by Gasteiger charge is -2.35. The molecule has 9 nitrogen and oxygen atoms in total. The summed E-state index contributed by atoms with van der Waals surface area (Å²) in [5, 5.41) is 0. The van der Waals surface area contributed by atoms with Crippen molar-refractivity contribution in [2.24, 2.45) is 0 Å². The third-order valence-electron chi connectivity index (χ3n) is 6.96. The van der Waals surface area contributed by atoms with E-state index in [1.165, 1.54) is 11.8 Å². The highest BCUT2D eigenvalue weighted by molar-refractivity contribution is 5.92. The molecule has 38 heavy (non-hydrogen) atoms. The van der Waals surface area contributed by atoms with Gasteiger partial charge in [-0.3, -0.25) is 19.5 Å². The van der Waals surface area contributed by atoms with Crippen LogP contribution in [-0.2, 0) is 17.8 Å². The van der Waals surface area contributed by atoms with Crippen LogP contribution in [0.4, 0.5) is 0 Å². The van der Waals surface area contributed by atoms with Crippen LogP contribution < -0.4 is 9.47 Å². The Bertz CT molecular complexity index is 1240. The number of fused-ring (bicyclic) bond motifs is 1. The van der Waals surface area contributed by atoms with Gasteiger partial charge in [0.25, 0.3) is 5.91 Å². The lowest BCUT2D eigenvalue weighted by atomic mass is 10.1. The van der Waals surface area contributed by atoms with Gasteiger partial charge in [-0.15, -0.1) is 0 Å². The first-order valence-electron chi connectivity index (χ1n) is 13.1. The summed E-state index contributed by atoms with van der Waals surface area (Å²) >= 11 is 0. The van der Waals surface area contributed by atoms with Gasteiger partial charge in [0, 0.05) is 58.4 Å². The number of aryl methyl sites for hydroxylation is 1. The lowest BCUT2D eigenvalue weighted by Crippen LogP contribution is -2.49. The smallest absolute Gasteiger partial charge is 0.274 e. The molecular weight excluding hydrogens is 482 g/mol. The summed E-state index contributed by atoms with van der Waals surface area (Å²) in [7, 11) is 0. The molecule has 5 rings (SSSR count). The Hall–Kier alpha value is -3.98. The van der Waals surface area contributed by atoms with Crippen molar-refractivity contribution in [1.29, 1.82) is 0 Å². The molecule has 2 aliphatic heterocycles. The molecule has 0 spiro atoms. The first-order chi connectivity index (χ1) is 18.5. The second-order valence-corrected chi connectivity index (χ2v) is 9.67. The van der Waals surface area contributed by atoms with Crippen molar-refractivity contribution in [2.75, 3.05) is 46.1 Å². The number of hydrogen-bond acceptors (Lipinski definition) is 7. The normalized spacial score (nSPS) is 14.9. The predicted molar refractivity (Wildman–Crippen MR) is 142 cm³/mol. The van der Waals surface area contributed by atoms with Crippen molar-refractivity contribution in [2.45, 2.75) is 26.3 Å². The SMILES string of the molecule is Cc1cnc(C(=O)N(CCC(=O)N2CCN(Cc3ccc4c(c3)OCO4)CC2)CCc2ccccc2)cn1. The molecule has 3 heterocycles. The van der Waals surface area contributed by atoms with Crippen LogP contribution in [0.25, 0.3) is 0 Å². The van der Waals surface area contributed by atoms with Crippen LogP contribution in [0.15, 0.2) is 60.9 Å². The maximum Gasteiger partial charge on any atom is 0.274 e. The molecule has 1 saturated heterocycles. The summed E-state index contributed by atoms with van der Waals surface area (Å²) in [4.78, 5) is 40.8. The van der Waals surface area contributed by atoms with Crippen molar-refractivity contribution in [3.63, 3.8) is 0 Å². The monoisotopic (exact) mass is 515 g/mol. The van der Waals surface area contributed by atoms with Crippen LogP contribution in [0.2, 0.25) is 0 Å². The van der Waals surface area contributed by atoms with Crippen molar-refractivity contribution in [1.82, 2.24) is 24.7 Å². The molecule has 9 heteroatoms. The molecule has 2 aromatic carbocycles. The van der Waals surface area contributed by atoms with E-state index in [0.29, 0.717) is 38.3 Å². The topological polar surface area (TPSA) is 88.1 Å². The number of ether oxygens (including phenoxy) is 2. The fraction of sp³-hybridized carbons (Fsp3) is 0.379. The van der Waals surface area contributed by atoms with Crippen molar-refractivity contribution in [3.8, 4) is 11.5 Å². The van der Waals surface area contributed by atoms with Gasteiger partial charge in [-0.25, -0.2) is 4.98 Å². The Morgan fingerprint density at radius 1 is 0.895 bits per heavy atom. The Kier molecular flexibility index (Phi) is 8.13. The number of hydrogen-bond donors (Lipinski definition) is 0. The zero-order valence-corrected chi connectivity index (χ0v) is 21.7. The number of carbonyl (C=O) groups is 2. The first-order valence-corrected chi connectivity index (χ1v) is 13.1. The quantitative estimate of drug-likeness (QED) is 0.433. The summed E-state index contributed by atoms with van der Waals surface area (Å²) in [6.45, 7) is 6.71. The van der Waals surface area contributed by atoms with Gasteiger partial charge in [-0.05, 0) is 36.6 Å². The highest BCUT2D eigenvalue weighted by Crippen LogP contribution is 2.32. The van der Waals surface area contributed by atoms with E-state index in [0.717, 1.165) is 42.4 Å². The standard InChI is InChI=1S/C29H33N5O4/c1-22-18-31-25(19-30-22)29(36)34(11-9-23-5-3-2-4-6-23)12-10-28(35)33-15-13-32(14-16-33)20-24-7-8-26-27(17-24)38-21-37-26/h2-8,17-19H,9-16,20-21H2,1H3. The molecule has 0 aliphatic carbocycles. The zero-order valence-electron chi connectivity index (χ0n) is 21.7. The largest absolute Gasteiger partial charge is 0.454 e. The maximum absolute atomic E-state index is 13.2. The average molecular weight is 516 g/mol. The van der Waals surface area contributed by atoms with Gasteiger partial charge >= 0.3 is 0 Å². The highest BCUT2D eigenvalue weighted by Gasteiger charge is 2.24. The van der Waals surface area contributed by atoms with Gasteiger partial charge < -0.3 is 19.3 Å². The molecule has 198 valence electrons. The molecule has 0 atom stereocenters. The number of carbonyl (C=O) groups excluding carboxylic acids is 2. The third-order valence-corrected chi connectivity index (χ3v) is 6.96. The number of nitrogens with zero attached hydrogens (tertiary/aromatic N) is 5. The van der Waals surface area contributed by atoms with Crippen LogP contribution in [0.1, 0.15) is 33.7 Å². The second-order valence-electron chi connectivity index (χ2n) is 9.67. The lowest BCUT2D eigenvalue weighted by molar-refractivity contribution is -0.133. The van der Waals surface area contributed by atoms with Crippen molar-refractivity contribution in [3.05, 3.63) is 83.4 Å². The fourth-order valence-corrected chi connectivity index (χ4v) is 4.73. The first kappa shape index (κ1) is 25.7. The zero-order chi connectivity index (χ0) is 26.3. The predicted octanol–water partition coefficient (Wildman–Crippen LogP) is 2.93. The van der Waals surface area contributed by atoms with Gasteiger partial charge in [-0.1, -0.05) is 36.4 Å². The number of piperazine rings is 1. The van der Waals surface area contributed by atoms with Gasteiger partial charge in [0.05, 0.1) is 11.9 Å². The van der Waals surface area contributed by atoms with Gasteiger partial charge in [-0.2, -0.15) is 0 Å². The molecule has 1 fully saturated rings. The molecule has 0 saturated carbocycles. The fourth-order valence-electron chi connectivity index (χ4n) is 4.73. The maximum atomic E-state index is 13.2. The van der Waals surface area contributed by atoms with Gasteiger partial charge in [0.2, 0.25) is 12.7 Å². The minimum Gasteiger partial charge on any atom is -0.454 e. The van der Waals surface area contributed by atoms with Crippen molar-refractivity contribution >= 4 is 11.8 Å². The molecular formula is C29H33N5O4. The number of benzene rings is 2. The van der Waals surface area contributed by atoms with E-state index >= 15 is 0 Å². The molecule has 0 bridgehead atoms. The summed E-state index contributed by atoms with van der Waals surface area (Å²) < 4.78 is 10.9. The summed E-state index contributed by atoms with van der Waals surface area (Å²) in [6, 6.07) is 16.1. The molecule has 0 N–H and O–H groups in total. The highest BCUT2D eigenvalue weighted by atomic mass is 16.7. The van der Waals surface area contributed by atoms with Crippen LogP contribution in [0, 0.1) is 6.92 Å². The summed E-state index contributed by atoms with van der Waals surface area (Å²) in [5.41, 5.74) is 3.37. The van der Waals surface area contributed by atoms with Gasteiger partial charge in [0.15, 0.2) is 11.5 Å². The minimum absolute atomic E-state index is 0.0697. The van der Waals surface area contributed by atoms with E-state index in [-0.39, 0.29) is 25.0 Å². The van der Waals surface area contributed by atoms with E-state index in [9.17, 15) is 9.59 Å². The Labute approximate surface area is 223 Å². The van der Waals surface area contributed by atoms with E-state index in [2.05, 4.69) is 20.9 Å². The molecule has 2 amide bonds. The third kappa shape index (κ3) is 6.47. The minimum atomic E-state index is -0.199. The summed E-state index contributed by atoms with van der Waals surface area (Å²) in [6.07, 6.45) is 4.09. The molecule has 3 aromatic rings. The number of aromatic nitrogens is 2. The Balaban J connectivity index is 1.14. The molecule has 0 radical (unpaired) electrons. The van der Waals surface area contributed by atoms with Crippen LogP contribution in [0.3, 0.4) is 0 Å². The Morgan fingerprint density at radius 2 is 1.68 bits per heavy atom. The molecule has 0 unspecified atom stereocenters. The van der Waals surface area contributed by atoms with Crippen LogP contribution in [0.5, 0.6) is 11.5 Å².